The van der Waals surface area contributed by atoms with Crippen LogP contribution in [0.3, 0.4) is 0 Å². The van der Waals surface area contributed by atoms with E-state index in [-0.39, 0.29) is 5.84 Å². The largest absolute Gasteiger partial charge is 0.388 e. The Hall–Kier alpha value is -0.650. The second-order valence-corrected chi connectivity index (χ2v) is 4.50. The highest BCUT2D eigenvalue weighted by Crippen LogP contribution is 2.26. The van der Waals surface area contributed by atoms with Crippen molar-refractivity contribution in [3.05, 3.63) is 0 Å². The van der Waals surface area contributed by atoms with E-state index in [0.717, 1.165) is 32.2 Å². The SMILES string of the molecule is COCCOCCCN(CCC(=N)N)C1CC1. The molecule has 0 heterocycles. The molecular formula is C12H25N3O2. The van der Waals surface area contributed by atoms with Gasteiger partial charge in [0.15, 0.2) is 0 Å². The Balaban J connectivity index is 2.02. The number of nitrogens with zero attached hydrogens (tertiary/aromatic N) is 1. The molecule has 100 valence electrons. The van der Waals surface area contributed by atoms with Gasteiger partial charge in [-0.1, -0.05) is 0 Å². The summed E-state index contributed by atoms with van der Waals surface area (Å²) >= 11 is 0. The molecule has 0 saturated heterocycles. The number of nitrogens with two attached hydrogens (primary N) is 1. The Labute approximate surface area is 104 Å². The molecule has 3 N–H and O–H groups in total. The molecule has 1 fully saturated rings. The minimum atomic E-state index is 0.284. The van der Waals surface area contributed by atoms with Crippen LogP contribution in [0, 0.1) is 5.41 Å². The molecule has 1 rings (SSSR count). The first kappa shape index (κ1) is 14.4. The van der Waals surface area contributed by atoms with Gasteiger partial charge < -0.3 is 15.2 Å². The lowest BCUT2D eigenvalue weighted by molar-refractivity contribution is 0.0649. The van der Waals surface area contributed by atoms with Gasteiger partial charge in [0.05, 0.1) is 19.0 Å². The van der Waals surface area contributed by atoms with Crippen LogP contribution in [0.2, 0.25) is 0 Å². The van der Waals surface area contributed by atoms with Crippen LogP contribution in [0.1, 0.15) is 25.7 Å². The standard InChI is InChI=1S/C12H25N3O2/c1-16-9-10-17-8-2-6-15(11-3-4-11)7-5-12(13)14/h11H,2-10H2,1H3,(H3,13,14). The van der Waals surface area contributed by atoms with E-state index in [4.69, 9.17) is 20.6 Å². The van der Waals surface area contributed by atoms with Gasteiger partial charge >= 0.3 is 0 Å². The minimum absolute atomic E-state index is 0.284. The van der Waals surface area contributed by atoms with Crippen molar-refractivity contribution in [3.63, 3.8) is 0 Å². The zero-order chi connectivity index (χ0) is 12.5. The molecule has 5 nitrogen and oxygen atoms in total. The van der Waals surface area contributed by atoms with Crippen LogP contribution in [0.4, 0.5) is 0 Å². The van der Waals surface area contributed by atoms with Gasteiger partial charge in [0.1, 0.15) is 0 Å². The van der Waals surface area contributed by atoms with Crippen LogP contribution in [0.5, 0.6) is 0 Å². The lowest BCUT2D eigenvalue weighted by atomic mass is 10.3. The monoisotopic (exact) mass is 243 g/mol. The molecule has 0 aromatic heterocycles. The third-order valence-electron chi connectivity index (χ3n) is 2.90. The van der Waals surface area contributed by atoms with E-state index in [0.29, 0.717) is 19.6 Å². The molecule has 1 aliphatic rings. The van der Waals surface area contributed by atoms with Crippen LogP contribution >= 0.6 is 0 Å². The molecule has 0 aromatic carbocycles. The second kappa shape index (κ2) is 8.44. The van der Waals surface area contributed by atoms with Crippen molar-refractivity contribution in [2.45, 2.75) is 31.7 Å². The van der Waals surface area contributed by atoms with Gasteiger partial charge in [0.25, 0.3) is 0 Å². The van der Waals surface area contributed by atoms with Crippen molar-refractivity contribution in [1.29, 1.82) is 5.41 Å². The van der Waals surface area contributed by atoms with Crippen LogP contribution in [0.25, 0.3) is 0 Å². The topological polar surface area (TPSA) is 71.6 Å². The maximum Gasteiger partial charge on any atom is 0.0918 e. The summed E-state index contributed by atoms with van der Waals surface area (Å²) in [5.74, 6) is 0.284. The zero-order valence-electron chi connectivity index (χ0n) is 10.8. The Morgan fingerprint density at radius 2 is 2.06 bits per heavy atom. The molecule has 0 spiro atoms. The molecule has 0 unspecified atom stereocenters. The van der Waals surface area contributed by atoms with Crippen molar-refractivity contribution < 1.29 is 9.47 Å². The Morgan fingerprint density at radius 1 is 1.29 bits per heavy atom. The van der Waals surface area contributed by atoms with Gasteiger partial charge in [0, 0.05) is 39.3 Å². The second-order valence-electron chi connectivity index (χ2n) is 4.50. The number of nitrogens with one attached hydrogen (secondary N) is 1. The molecule has 0 aromatic rings. The van der Waals surface area contributed by atoms with Crippen LogP contribution < -0.4 is 5.73 Å². The van der Waals surface area contributed by atoms with E-state index in [9.17, 15) is 0 Å². The predicted octanol–water partition coefficient (Wildman–Crippen LogP) is 0.830. The van der Waals surface area contributed by atoms with Crippen molar-refractivity contribution in [2.75, 3.05) is 40.0 Å². The molecular weight excluding hydrogens is 218 g/mol. The van der Waals surface area contributed by atoms with Gasteiger partial charge in [-0.2, -0.15) is 0 Å². The van der Waals surface area contributed by atoms with Crippen LogP contribution in [-0.2, 0) is 9.47 Å². The summed E-state index contributed by atoms with van der Waals surface area (Å²) in [6, 6.07) is 0.730. The summed E-state index contributed by atoms with van der Waals surface area (Å²) in [4.78, 5) is 2.43. The van der Waals surface area contributed by atoms with Crippen LogP contribution in [0.15, 0.2) is 0 Å². The number of rotatable bonds is 11. The quantitative estimate of drug-likeness (QED) is 0.320. The number of ether oxygens (including phenoxy) is 2. The Kier molecular flexibility index (Phi) is 7.16. The summed E-state index contributed by atoms with van der Waals surface area (Å²) < 4.78 is 10.3. The Morgan fingerprint density at radius 3 is 2.65 bits per heavy atom. The highest BCUT2D eigenvalue weighted by Gasteiger charge is 2.28. The first-order valence-electron chi connectivity index (χ1n) is 6.37. The molecule has 0 aliphatic heterocycles. The predicted molar refractivity (Wildman–Crippen MR) is 68.4 cm³/mol. The van der Waals surface area contributed by atoms with Crippen molar-refractivity contribution >= 4 is 5.84 Å². The number of hydrogen-bond donors (Lipinski definition) is 2. The lowest BCUT2D eigenvalue weighted by Gasteiger charge is -2.21. The van der Waals surface area contributed by atoms with E-state index >= 15 is 0 Å². The highest BCUT2D eigenvalue weighted by atomic mass is 16.5. The van der Waals surface area contributed by atoms with Gasteiger partial charge in [0.2, 0.25) is 0 Å². The third kappa shape index (κ3) is 7.31. The van der Waals surface area contributed by atoms with E-state index < -0.39 is 0 Å². The lowest BCUT2D eigenvalue weighted by Crippen LogP contribution is -2.31. The van der Waals surface area contributed by atoms with E-state index in [1.807, 2.05) is 0 Å². The van der Waals surface area contributed by atoms with Crippen molar-refractivity contribution in [3.8, 4) is 0 Å². The van der Waals surface area contributed by atoms with Gasteiger partial charge in [-0.05, 0) is 19.3 Å². The average Bonchev–Trinajstić information content (AvgIpc) is 3.11. The molecule has 1 saturated carbocycles. The summed E-state index contributed by atoms with van der Waals surface area (Å²) in [5.41, 5.74) is 5.39. The molecule has 0 bridgehead atoms. The number of hydrogen-bond acceptors (Lipinski definition) is 4. The highest BCUT2D eigenvalue weighted by molar-refractivity contribution is 5.76. The average molecular weight is 243 g/mol. The fourth-order valence-electron chi connectivity index (χ4n) is 1.79. The molecule has 1 aliphatic carbocycles. The van der Waals surface area contributed by atoms with Crippen molar-refractivity contribution in [2.24, 2.45) is 5.73 Å². The summed E-state index contributed by atoms with van der Waals surface area (Å²) in [7, 11) is 1.68. The first-order chi connectivity index (χ1) is 8.24. The number of amidine groups is 1. The third-order valence-corrected chi connectivity index (χ3v) is 2.90. The minimum Gasteiger partial charge on any atom is -0.388 e. The Bertz CT molecular complexity index is 220. The van der Waals surface area contributed by atoms with E-state index in [2.05, 4.69) is 4.90 Å². The molecule has 5 heteroatoms. The molecule has 17 heavy (non-hydrogen) atoms. The first-order valence-corrected chi connectivity index (χ1v) is 6.37. The van der Waals surface area contributed by atoms with Crippen LogP contribution in [-0.4, -0.2) is 56.8 Å². The number of methoxy groups -OCH3 is 1. The maximum atomic E-state index is 7.25. The fourth-order valence-corrected chi connectivity index (χ4v) is 1.79. The smallest absolute Gasteiger partial charge is 0.0918 e. The normalized spacial score (nSPS) is 15.4. The summed E-state index contributed by atoms with van der Waals surface area (Å²) in [6.07, 6.45) is 4.31. The zero-order valence-corrected chi connectivity index (χ0v) is 10.8. The molecule has 0 atom stereocenters. The van der Waals surface area contributed by atoms with Gasteiger partial charge in [-0.3, -0.25) is 10.3 Å². The summed E-state index contributed by atoms with van der Waals surface area (Å²) in [5, 5.41) is 7.25. The summed E-state index contributed by atoms with van der Waals surface area (Å²) in [6.45, 7) is 4.08. The van der Waals surface area contributed by atoms with Gasteiger partial charge in [-0.25, -0.2) is 0 Å². The molecule has 0 radical (unpaired) electrons. The fraction of sp³-hybridized carbons (Fsp3) is 0.917. The molecule has 0 amide bonds. The van der Waals surface area contributed by atoms with E-state index in [1.165, 1.54) is 12.8 Å². The maximum absolute atomic E-state index is 7.25. The van der Waals surface area contributed by atoms with Crippen molar-refractivity contribution in [1.82, 2.24) is 4.90 Å². The van der Waals surface area contributed by atoms with E-state index in [1.54, 1.807) is 7.11 Å². The van der Waals surface area contributed by atoms with Gasteiger partial charge in [-0.15, -0.1) is 0 Å².